The van der Waals surface area contributed by atoms with Gasteiger partial charge in [0, 0.05) is 19.2 Å². The molecule has 2 aliphatic carbocycles. The van der Waals surface area contributed by atoms with Crippen LogP contribution in [0, 0.1) is 5.92 Å². The van der Waals surface area contributed by atoms with Crippen LogP contribution in [0.4, 0.5) is 0 Å². The molecule has 0 bridgehead atoms. The number of amides is 1. The van der Waals surface area contributed by atoms with Gasteiger partial charge in [-0.2, -0.15) is 5.10 Å². The van der Waals surface area contributed by atoms with Gasteiger partial charge in [0.05, 0.1) is 11.1 Å². The smallest absolute Gasteiger partial charge is 0.264 e. The molecule has 126 valence electrons. The predicted octanol–water partition coefficient (Wildman–Crippen LogP) is 1.52. The zero-order valence-corrected chi connectivity index (χ0v) is 14.2. The number of rotatable bonds is 4. The molecule has 0 aliphatic heterocycles. The van der Waals surface area contributed by atoms with E-state index in [1.54, 1.807) is 23.0 Å². The van der Waals surface area contributed by atoms with Crippen LogP contribution in [-0.2, 0) is 34.7 Å². The van der Waals surface area contributed by atoms with Crippen LogP contribution in [0.2, 0.25) is 0 Å². The van der Waals surface area contributed by atoms with Gasteiger partial charge in [0.2, 0.25) is 5.91 Å². The third kappa shape index (κ3) is 2.73. The lowest BCUT2D eigenvalue weighted by Crippen LogP contribution is -2.32. The maximum Gasteiger partial charge on any atom is 0.264 e. The quantitative estimate of drug-likeness (QED) is 0.911. The van der Waals surface area contributed by atoms with Crippen molar-refractivity contribution in [1.29, 1.82) is 0 Å². The fourth-order valence-corrected chi connectivity index (χ4v) is 4.55. The lowest BCUT2D eigenvalue weighted by Gasteiger charge is -2.08. The zero-order valence-electron chi connectivity index (χ0n) is 13.4. The summed E-state index contributed by atoms with van der Waals surface area (Å²) in [5.74, 6) is -0.656. The van der Waals surface area contributed by atoms with Crippen molar-refractivity contribution in [3.63, 3.8) is 0 Å². The molecule has 1 N–H and O–H groups in total. The van der Waals surface area contributed by atoms with Gasteiger partial charge in [0.25, 0.3) is 10.0 Å². The number of nitrogens with one attached hydrogen (secondary N) is 1. The van der Waals surface area contributed by atoms with Gasteiger partial charge in [-0.3, -0.25) is 9.48 Å². The molecule has 4 rings (SSSR count). The SMILES string of the molecule is Cn1cc([C@H]2C[C@H]2C(=O)NS(=O)(=O)c2ccc3c(c2)CCC3)cn1. The summed E-state index contributed by atoms with van der Waals surface area (Å²) in [5.41, 5.74) is 3.26. The molecule has 0 saturated heterocycles. The minimum atomic E-state index is -3.81. The highest BCUT2D eigenvalue weighted by atomic mass is 32.2. The lowest BCUT2D eigenvalue weighted by atomic mass is 10.1. The summed E-state index contributed by atoms with van der Waals surface area (Å²) in [6.45, 7) is 0. The fraction of sp³-hybridized carbons (Fsp3) is 0.412. The van der Waals surface area contributed by atoms with Crippen LogP contribution in [-0.4, -0.2) is 24.1 Å². The van der Waals surface area contributed by atoms with Crippen LogP contribution < -0.4 is 4.72 Å². The first-order valence-electron chi connectivity index (χ1n) is 8.11. The molecule has 24 heavy (non-hydrogen) atoms. The summed E-state index contributed by atoms with van der Waals surface area (Å²) in [7, 11) is -1.99. The first kappa shape index (κ1) is 15.4. The maximum atomic E-state index is 12.5. The van der Waals surface area contributed by atoms with Crippen LogP contribution >= 0.6 is 0 Å². The van der Waals surface area contributed by atoms with E-state index in [1.807, 2.05) is 19.3 Å². The molecule has 1 fully saturated rings. The van der Waals surface area contributed by atoms with Crippen molar-refractivity contribution >= 4 is 15.9 Å². The molecule has 1 saturated carbocycles. The predicted molar refractivity (Wildman–Crippen MR) is 87.9 cm³/mol. The highest BCUT2D eigenvalue weighted by Crippen LogP contribution is 2.47. The second kappa shape index (κ2) is 5.44. The summed E-state index contributed by atoms with van der Waals surface area (Å²) in [6.07, 6.45) is 7.21. The first-order chi connectivity index (χ1) is 11.4. The second-order valence-corrected chi connectivity index (χ2v) is 8.33. The van der Waals surface area contributed by atoms with Crippen molar-refractivity contribution in [3.8, 4) is 0 Å². The van der Waals surface area contributed by atoms with E-state index in [4.69, 9.17) is 0 Å². The van der Waals surface area contributed by atoms with Gasteiger partial charge in [-0.1, -0.05) is 6.07 Å². The van der Waals surface area contributed by atoms with Crippen molar-refractivity contribution in [3.05, 3.63) is 47.3 Å². The van der Waals surface area contributed by atoms with Crippen LogP contribution in [0.25, 0.3) is 0 Å². The molecule has 1 aromatic heterocycles. The third-order valence-corrected chi connectivity index (χ3v) is 6.24. The van der Waals surface area contributed by atoms with Gasteiger partial charge in [-0.05, 0) is 60.4 Å². The van der Waals surface area contributed by atoms with E-state index in [-0.39, 0.29) is 16.7 Å². The van der Waals surface area contributed by atoms with Crippen LogP contribution in [0.15, 0.2) is 35.5 Å². The molecule has 6 nitrogen and oxygen atoms in total. The molecule has 2 aromatic rings. The molecule has 0 unspecified atom stereocenters. The van der Waals surface area contributed by atoms with Gasteiger partial charge < -0.3 is 0 Å². The number of carbonyl (C=O) groups excluding carboxylic acids is 1. The number of hydrogen-bond acceptors (Lipinski definition) is 4. The maximum absolute atomic E-state index is 12.5. The van der Waals surface area contributed by atoms with Gasteiger partial charge in [0.15, 0.2) is 0 Å². The second-order valence-electron chi connectivity index (χ2n) is 6.65. The standard InChI is InChI=1S/C17H19N3O3S/c1-20-10-13(9-18-20)15-8-16(15)17(21)19-24(22,23)14-6-5-11-3-2-4-12(11)7-14/h5-7,9-10,15-16H,2-4,8H2,1H3,(H,19,21)/t15-,16-/m1/s1. The van der Waals surface area contributed by atoms with Crippen molar-refractivity contribution in [2.45, 2.75) is 36.5 Å². The summed E-state index contributed by atoms with van der Waals surface area (Å²) in [5, 5.41) is 4.09. The third-order valence-electron chi connectivity index (χ3n) is 4.90. The number of hydrogen-bond donors (Lipinski definition) is 1. The summed E-state index contributed by atoms with van der Waals surface area (Å²) >= 11 is 0. The Morgan fingerprint density at radius 2 is 2.08 bits per heavy atom. The lowest BCUT2D eigenvalue weighted by molar-refractivity contribution is -0.120. The van der Waals surface area contributed by atoms with E-state index in [1.165, 1.54) is 5.56 Å². The first-order valence-corrected chi connectivity index (χ1v) is 9.59. The highest BCUT2D eigenvalue weighted by molar-refractivity contribution is 7.90. The van der Waals surface area contributed by atoms with Gasteiger partial charge >= 0.3 is 0 Å². The number of carbonyl (C=O) groups is 1. The summed E-state index contributed by atoms with van der Waals surface area (Å²) in [6, 6.07) is 5.14. The number of aryl methyl sites for hydroxylation is 3. The molecule has 1 heterocycles. The monoisotopic (exact) mass is 345 g/mol. The topological polar surface area (TPSA) is 81.1 Å². The Labute approximate surface area is 140 Å². The Hall–Kier alpha value is -2.15. The Kier molecular flexibility index (Phi) is 3.49. The molecular weight excluding hydrogens is 326 g/mol. The van der Waals surface area contributed by atoms with Crippen LogP contribution in [0.5, 0.6) is 0 Å². The summed E-state index contributed by atoms with van der Waals surface area (Å²) in [4.78, 5) is 12.5. The van der Waals surface area contributed by atoms with E-state index < -0.39 is 15.9 Å². The molecule has 1 aromatic carbocycles. The molecular formula is C17H19N3O3S. The van der Waals surface area contributed by atoms with E-state index >= 15 is 0 Å². The Balaban J connectivity index is 1.47. The Morgan fingerprint density at radius 1 is 1.29 bits per heavy atom. The molecule has 2 atom stereocenters. The minimum Gasteiger partial charge on any atom is -0.276 e. The van der Waals surface area contributed by atoms with Crippen molar-refractivity contribution in [2.24, 2.45) is 13.0 Å². The van der Waals surface area contributed by atoms with Crippen molar-refractivity contribution in [1.82, 2.24) is 14.5 Å². The number of benzene rings is 1. The molecule has 1 amide bonds. The number of aromatic nitrogens is 2. The van der Waals surface area contributed by atoms with Gasteiger partial charge in [-0.25, -0.2) is 13.1 Å². The van der Waals surface area contributed by atoms with E-state index in [2.05, 4.69) is 9.82 Å². The number of fused-ring (bicyclic) bond motifs is 1. The average molecular weight is 345 g/mol. The fourth-order valence-electron chi connectivity index (χ4n) is 3.47. The largest absolute Gasteiger partial charge is 0.276 e. The van der Waals surface area contributed by atoms with E-state index in [9.17, 15) is 13.2 Å². The molecule has 0 spiro atoms. The molecule has 7 heteroatoms. The molecule has 0 radical (unpaired) electrons. The van der Waals surface area contributed by atoms with E-state index in [0.717, 1.165) is 30.4 Å². The molecule has 2 aliphatic rings. The van der Waals surface area contributed by atoms with Crippen molar-refractivity contribution < 1.29 is 13.2 Å². The highest BCUT2D eigenvalue weighted by Gasteiger charge is 2.45. The van der Waals surface area contributed by atoms with Crippen LogP contribution in [0.3, 0.4) is 0 Å². The zero-order chi connectivity index (χ0) is 16.9. The van der Waals surface area contributed by atoms with E-state index in [0.29, 0.717) is 6.42 Å². The Morgan fingerprint density at radius 3 is 2.83 bits per heavy atom. The number of nitrogens with zero attached hydrogens (tertiary/aromatic N) is 2. The normalized spacial score (nSPS) is 22.2. The number of sulfonamides is 1. The van der Waals surface area contributed by atoms with Gasteiger partial charge in [0.1, 0.15) is 0 Å². The van der Waals surface area contributed by atoms with Crippen LogP contribution in [0.1, 0.15) is 35.4 Å². The Bertz CT molecular complexity index is 917. The minimum absolute atomic E-state index is 0.0638. The summed E-state index contributed by atoms with van der Waals surface area (Å²) < 4.78 is 28.9. The van der Waals surface area contributed by atoms with Crippen molar-refractivity contribution in [2.75, 3.05) is 0 Å². The van der Waals surface area contributed by atoms with Gasteiger partial charge in [-0.15, -0.1) is 0 Å². The average Bonchev–Trinajstić information content (AvgIpc) is 2.99.